The van der Waals surface area contributed by atoms with E-state index in [4.69, 9.17) is 4.74 Å². The summed E-state index contributed by atoms with van der Waals surface area (Å²) in [5.41, 5.74) is 0. The second kappa shape index (κ2) is 5.69. The second-order valence-corrected chi connectivity index (χ2v) is 4.30. The zero-order valence-electron chi connectivity index (χ0n) is 9.57. The first-order chi connectivity index (χ1) is 6.69. The standard InChI is InChI=1S/C11H23NO2/c1-4-12(9(2)8-14-3)7-11(13)10-5-6-10/h9-11,13H,4-8H2,1-3H3. The van der Waals surface area contributed by atoms with Crippen LogP contribution >= 0.6 is 0 Å². The van der Waals surface area contributed by atoms with Crippen molar-refractivity contribution in [2.45, 2.75) is 38.8 Å². The van der Waals surface area contributed by atoms with Crippen LogP contribution in [0.25, 0.3) is 0 Å². The molecule has 1 saturated carbocycles. The molecule has 3 nitrogen and oxygen atoms in total. The summed E-state index contributed by atoms with van der Waals surface area (Å²) in [7, 11) is 1.72. The Kier molecular flexibility index (Phi) is 4.85. The summed E-state index contributed by atoms with van der Waals surface area (Å²) in [6.07, 6.45) is 2.28. The monoisotopic (exact) mass is 201 g/mol. The van der Waals surface area contributed by atoms with Gasteiger partial charge in [-0.15, -0.1) is 0 Å². The molecule has 0 spiro atoms. The number of aliphatic hydroxyl groups excluding tert-OH is 1. The fourth-order valence-electron chi connectivity index (χ4n) is 1.84. The van der Waals surface area contributed by atoms with E-state index >= 15 is 0 Å². The number of hydrogen-bond donors (Lipinski definition) is 1. The van der Waals surface area contributed by atoms with Crippen molar-refractivity contribution in [1.29, 1.82) is 0 Å². The number of likely N-dealkylation sites (N-methyl/N-ethyl adjacent to an activating group) is 1. The van der Waals surface area contributed by atoms with Crippen molar-refractivity contribution in [3.63, 3.8) is 0 Å². The number of hydrogen-bond acceptors (Lipinski definition) is 3. The third-order valence-corrected chi connectivity index (χ3v) is 3.03. The van der Waals surface area contributed by atoms with Crippen molar-refractivity contribution in [2.24, 2.45) is 5.92 Å². The lowest BCUT2D eigenvalue weighted by molar-refractivity contribution is 0.0498. The Morgan fingerprint density at radius 3 is 2.57 bits per heavy atom. The van der Waals surface area contributed by atoms with E-state index in [1.54, 1.807) is 7.11 Å². The fourth-order valence-corrected chi connectivity index (χ4v) is 1.84. The number of aliphatic hydroxyl groups is 1. The molecular weight excluding hydrogens is 178 g/mol. The van der Waals surface area contributed by atoms with Crippen molar-refractivity contribution in [2.75, 3.05) is 26.8 Å². The molecular formula is C11H23NO2. The Morgan fingerprint density at radius 1 is 1.50 bits per heavy atom. The van der Waals surface area contributed by atoms with Gasteiger partial charge in [0.2, 0.25) is 0 Å². The molecule has 2 unspecified atom stereocenters. The van der Waals surface area contributed by atoms with Crippen molar-refractivity contribution in [3.05, 3.63) is 0 Å². The van der Waals surface area contributed by atoms with Crippen LogP contribution in [0.3, 0.4) is 0 Å². The fraction of sp³-hybridized carbons (Fsp3) is 1.00. The molecule has 0 aromatic carbocycles. The molecule has 14 heavy (non-hydrogen) atoms. The molecule has 0 heterocycles. The highest BCUT2D eigenvalue weighted by Crippen LogP contribution is 2.32. The predicted octanol–water partition coefficient (Wildman–Crippen LogP) is 1.11. The van der Waals surface area contributed by atoms with E-state index in [0.717, 1.165) is 19.7 Å². The molecule has 0 amide bonds. The average Bonchev–Trinajstić information content (AvgIpc) is 2.97. The van der Waals surface area contributed by atoms with Gasteiger partial charge in [0.05, 0.1) is 12.7 Å². The molecule has 0 aromatic heterocycles. The van der Waals surface area contributed by atoms with Crippen molar-refractivity contribution >= 4 is 0 Å². The molecule has 0 aromatic rings. The van der Waals surface area contributed by atoms with Gasteiger partial charge in [-0.05, 0) is 32.2 Å². The molecule has 1 rings (SSSR count). The third-order valence-electron chi connectivity index (χ3n) is 3.03. The molecule has 1 aliphatic rings. The first-order valence-electron chi connectivity index (χ1n) is 5.60. The van der Waals surface area contributed by atoms with Gasteiger partial charge in [0.1, 0.15) is 0 Å². The molecule has 1 fully saturated rings. The highest BCUT2D eigenvalue weighted by Gasteiger charge is 2.31. The van der Waals surface area contributed by atoms with E-state index in [-0.39, 0.29) is 6.10 Å². The van der Waals surface area contributed by atoms with Crippen LogP contribution in [-0.2, 0) is 4.74 Å². The molecule has 0 bridgehead atoms. The van der Waals surface area contributed by atoms with Gasteiger partial charge in [0.25, 0.3) is 0 Å². The summed E-state index contributed by atoms with van der Waals surface area (Å²) in [4.78, 5) is 2.28. The molecule has 2 atom stereocenters. The largest absolute Gasteiger partial charge is 0.392 e. The SMILES string of the molecule is CCN(CC(O)C1CC1)C(C)COC. The van der Waals surface area contributed by atoms with Crippen molar-refractivity contribution in [1.82, 2.24) is 4.90 Å². The van der Waals surface area contributed by atoms with Crippen LogP contribution in [0.15, 0.2) is 0 Å². The Hall–Kier alpha value is -0.120. The van der Waals surface area contributed by atoms with E-state index in [1.165, 1.54) is 12.8 Å². The van der Waals surface area contributed by atoms with Crippen LogP contribution in [-0.4, -0.2) is 49.0 Å². The Balaban J connectivity index is 2.28. The molecule has 1 aliphatic carbocycles. The summed E-state index contributed by atoms with van der Waals surface area (Å²) >= 11 is 0. The smallest absolute Gasteiger partial charge is 0.0695 e. The number of nitrogens with zero attached hydrogens (tertiary/aromatic N) is 1. The van der Waals surface area contributed by atoms with Gasteiger partial charge in [-0.25, -0.2) is 0 Å². The van der Waals surface area contributed by atoms with E-state index < -0.39 is 0 Å². The topological polar surface area (TPSA) is 32.7 Å². The number of methoxy groups -OCH3 is 1. The maximum Gasteiger partial charge on any atom is 0.0695 e. The lowest BCUT2D eigenvalue weighted by atomic mass is 10.2. The molecule has 84 valence electrons. The maximum atomic E-state index is 9.83. The van der Waals surface area contributed by atoms with Crippen molar-refractivity contribution in [3.8, 4) is 0 Å². The van der Waals surface area contributed by atoms with Gasteiger partial charge >= 0.3 is 0 Å². The van der Waals surface area contributed by atoms with Crippen LogP contribution in [0, 0.1) is 5.92 Å². The third kappa shape index (κ3) is 3.56. The van der Waals surface area contributed by atoms with Crippen LogP contribution in [0.1, 0.15) is 26.7 Å². The summed E-state index contributed by atoms with van der Waals surface area (Å²) < 4.78 is 5.12. The lowest BCUT2D eigenvalue weighted by Gasteiger charge is -2.29. The summed E-state index contributed by atoms with van der Waals surface area (Å²) in [5.74, 6) is 0.568. The van der Waals surface area contributed by atoms with Crippen LogP contribution in [0.4, 0.5) is 0 Å². The molecule has 0 radical (unpaired) electrons. The predicted molar refractivity (Wildman–Crippen MR) is 57.3 cm³/mol. The quantitative estimate of drug-likeness (QED) is 0.670. The highest BCUT2D eigenvalue weighted by molar-refractivity contribution is 4.83. The molecule has 1 N–H and O–H groups in total. The van der Waals surface area contributed by atoms with Gasteiger partial charge in [-0.3, -0.25) is 4.90 Å². The lowest BCUT2D eigenvalue weighted by Crippen LogP contribution is -2.41. The minimum Gasteiger partial charge on any atom is -0.392 e. The zero-order valence-corrected chi connectivity index (χ0v) is 9.57. The van der Waals surface area contributed by atoms with E-state index in [1.807, 2.05) is 0 Å². The van der Waals surface area contributed by atoms with Gasteiger partial charge in [-0.1, -0.05) is 6.92 Å². The Bertz CT molecular complexity index is 159. The van der Waals surface area contributed by atoms with Gasteiger partial charge in [-0.2, -0.15) is 0 Å². The molecule has 0 saturated heterocycles. The first kappa shape index (κ1) is 12.0. The van der Waals surface area contributed by atoms with Gasteiger partial charge < -0.3 is 9.84 Å². The van der Waals surface area contributed by atoms with Crippen LogP contribution < -0.4 is 0 Å². The second-order valence-electron chi connectivity index (χ2n) is 4.30. The minimum absolute atomic E-state index is 0.130. The Labute approximate surface area is 87.1 Å². The van der Waals surface area contributed by atoms with Crippen LogP contribution in [0.2, 0.25) is 0 Å². The summed E-state index contributed by atoms with van der Waals surface area (Å²) in [6, 6.07) is 0.401. The van der Waals surface area contributed by atoms with Crippen molar-refractivity contribution < 1.29 is 9.84 Å². The van der Waals surface area contributed by atoms with Gasteiger partial charge in [0.15, 0.2) is 0 Å². The van der Waals surface area contributed by atoms with Crippen LogP contribution in [0.5, 0.6) is 0 Å². The van der Waals surface area contributed by atoms with Gasteiger partial charge in [0, 0.05) is 19.7 Å². The maximum absolute atomic E-state index is 9.83. The molecule has 0 aliphatic heterocycles. The van der Waals surface area contributed by atoms with E-state index in [2.05, 4.69) is 18.7 Å². The normalized spacial score (nSPS) is 21.2. The zero-order chi connectivity index (χ0) is 10.6. The highest BCUT2D eigenvalue weighted by atomic mass is 16.5. The molecule has 3 heteroatoms. The van der Waals surface area contributed by atoms with E-state index in [9.17, 15) is 5.11 Å². The summed E-state index contributed by atoms with van der Waals surface area (Å²) in [5, 5.41) is 9.83. The minimum atomic E-state index is -0.130. The average molecular weight is 201 g/mol. The summed E-state index contributed by atoms with van der Waals surface area (Å²) in [6.45, 7) is 6.80. The van der Waals surface area contributed by atoms with E-state index in [0.29, 0.717) is 12.0 Å². The first-order valence-corrected chi connectivity index (χ1v) is 5.60. The number of rotatable bonds is 7. The Morgan fingerprint density at radius 2 is 2.14 bits per heavy atom. The number of ether oxygens (including phenoxy) is 1.